The van der Waals surface area contributed by atoms with E-state index >= 15 is 0 Å². The van der Waals surface area contributed by atoms with Crippen LogP contribution in [0, 0.1) is 19.7 Å². The SMILES string of the molecule is CCOc1ccc(NC(=NCCc2c(C)nn(CC)c2C)NC(=O)c2ccc(F)cc2)cc1. The van der Waals surface area contributed by atoms with Gasteiger partial charge in [0.2, 0.25) is 5.96 Å². The van der Waals surface area contributed by atoms with Crippen LogP contribution in [0.1, 0.15) is 41.2 Å². The molecule has 0 aliphatic heterocycles. The molecular weight excluding hydrogens is 421 g/mol. The maximum Gasteiger partial charge on any atom is 0.257 e. The number of aryl methyl sites for hydroxylation is 2. The Balaban J connectivity index is 1.77. The topological polar surface area (TPSA) is 80.5 Å². The highest BCUT2D eigenvalue weighted by atomic mass is 19.1. The number of guanidine groups is 1. The molecule has 0 fully saturated rings. The lowest BCUT2D eigenvalue weighted by Gasteiger charge is -2.13. The van der Waals surface area contributed by atoms with Crippen molar-refractivity contribution in [1.29, 1.82) is 0 Å². The number of hydrogen-bond donors (Lipinski definition) is 2. The Morgan fingerprint density at radius 2 is 1.79 bits per heavy atom. The van der Waals surface area contributed by atoms with Crippen LogP contribution < -0.4 is 15.4 Å². The minimum Gasteiger partial charge on any atom is -0.494 e. The summed E-state index contributed by atoms with van der Waals surface area (Å²) in [4.78, 5) is 17.3. The number of ether oxygens (including phenoxy) is 1. The Labute approximate surface area is 193 Å². The van der Waals surface area contributed by atoms with Gasteiger partial charge >= 0.3 is 0 Å². The largest absolute Gasteiger partial charge is 0.494 e. The van der Waals surface area contributed by atoms with Crippen LogP contribution in [0.15, 0.2) is 53.5 Å². The first-order chi connectivity index (χ1) is 15.9. The van der Waals surface area contributed by atoms with Crippen LogP contribution in [-0.4, -0.2) is 34.8 Å². The van der Waals surface area contributed by atoms with Gasteiger partial charge in [0, 0.05) is 30.0 Å². The normalized spacial score (nSPS) is 11.4. The van der Waals surface area contributed by atoms with Gasteiger partial charge in [-0.25, -0.2) is 4.39 Å². The standard InChI is InChI=1S/C25H30FN5O2/c1-5-31-18(4)23(17(3)30-31)15-16-27-25(28-21-11-13-22(14-12-21)33-6-2)29-24(32)19-7-9-20(26)10-8-19/h7-14H,5-6,15-16H2,1-4H3,(H2,27,28,29,32). The second-order valence-corrected chi connectivity index (χ2v) is 7.49. The van der Waals surface area contributed by atoms with Gasteiger partial charge in [0.1, 0.15) is 11.6 Å². The predicted octanol–water partition coefficient (Wildman–Crippen LogP) is 4.50. The number of amides is 1. The first-order valence-corrected chi connectivity index (χ1v) is 11.0. The molecule has 0 spiro atoms. The number of anilines is 1. The Morgan fingerprint density at radius 1 is 1.09 bits per heavy atom. The number of aliphatic imine (C=N–C) groups is 1. The van der Waals surface area contributed by atoms with E-state index in [9.17, 15) is 9.18 Å². The molecule has 2 aromatic carbocycles. The fraction of sp³-hybridized carbons (Fsp3) is 0.320. The molecule has 0 saturated carbocycles. The molecule has 3 rings (SSSR count). The fourth-order valence-corrected chi connectivity index (χ4v) is 3.51. The van der Waals surface area contributed by atoms with E-state index in [0.717, 1.165) is 34.9 Å². The van der Waals surface area contributed by atoms with Crippen LogP contribution >= 0.6 is 0 Å². The number of rotatable bonds is 8. The molecule has 0 aliphatic carbocycles. The molecule has 0 bridgehead atoms. The quantitative estimate of drug-likeness (QED) is 0.390. The first kappa shape index (κ1) is 24.0. The highest BCUT2D eigenvalue weighted by Crippen LogP contribution is 2.16. The Kier molecular flexibility index (Phi) is 8.18. The van der Waals surface area contributed by atoms with Crippen LogP contribution in [0.25, 0.3) is 0 Å². The Hall–Kier alpha value is -3.68. The average Bonchev–Trinajstić information content (AvgIpc) is 3.08. The van der Waals surface area contributed by atoms with E-state index in [1.807, 2.05) is 42.8 Å². The summed E-state index contributed by atoms with van der Waals surface area (Å²) in [7, 11) is 0. The van der Waals surface area contributed by atoms with Crippen molar-refractivity contribution in [3.05, 3.63) is 76.9 Å². The maximum atomic E-state index is 13.2. The number of carbonyl (C=O) groups is 1. The molecular formula is C25H30FN5O2. The van der Waals surface area contributed by atoms with Gasteiger partial charge in [0.05, 0.1) is 12.3 Å². The second-order valence-electron chi connectivity index (χ2n) is 7.49. The van der Waals surface area contributed by atoms with Crippen molar-refractivity contribution in [2.75, 3.05) is 18.5 Å². The van der Waals surface area contributed by atoms with Gasteiger partial charge in [-0.1, -0.05) is 0 Å². The molecule has 1 aromatic heterocycles. The molecule has 8 heteroatoms. The highest BCUT2D eigenvalue weighted by Gasteiger charge is 2.12. The van der Waals surface area contributed by atoms with Gasteiger partial charge in [-0.05, 0) is 88.2 Å². The van der Waals surface area contributed by atoms with E-state index in [0.29, 0.717) is 31.1 Å². The summed E-state index contributed by atoms with van der Waals surface area (Å²) in [5, 5.41) is 10.5. The Bertz CT molecular complexity index is 1110. The third-order valence-corrected chi connectivity index (χ3v) is 5.23. The van der Waals surface area contributed by atoms with Crippen molar-refractivity contribution in [3.63, 3.8) is 0 Å². The molecule has 1 amide bonds. The molecule has 33 heavy (non-hydrogen) atoms. The van der Waals surface area contributed by atoms with Crippen LogP contribution in [0.5, 0.6) is 5.75 Å². The lowest BCUT2D eigenvalue weighted by atomic mass is 10.1. The third kappa shape index (κ3) is 6.41. The number of nitrogens with zero attached hydrogens (tertiary/aromatic N) is 3. The summed E-state index contributed by atoms with van der Waals surface area (Å²) < 4.78 is 20.7. The summed E-state index contributed by atoms with van der Waals surface area (Å²) >= 11 is 0. The lowest BCUT2D eigenvalue weighted by molar-refractivity contribution is 0.0977. The lowest BCUT2D eigenvalue weighted by Crippen LogP contribution is -2.36. The molecule has 0 radical (unpaired) electrons. The molecule has 3 aromatic rings. The van der Waals surface area contributed by atoms with E-state index < -0.39 is 5.82 Å². The summed E-state index contributed by atoms with van der Waals surface area (Å²) in [6, 6.07) is 12.8. The number of benzene rings is 2. The van der Waals surface area contributed by atoms with Gasteiger partial charge in [-0.15, -0.1) is 0 Å². The van der Waals surface area contributed by atoms with Crippen molar-refractivity contribution in [2.24, 2.45) is 4.99 Å². The van der Waals surface area contributed by atoms with E-state index in [4.69, 9.17) is 4.74 Å². The molecule has 0 saturated heterocycles. The van der Waals surface area contributed by atoms with Gasteiger partial charge in [-0.3, -0.25) is 19.8 Å². The summed E-state index contributed by atoms with van der Waals surface area (Å²) in [6.45, 7) is 9.89. The van der Waals surface area contributed by atoms with Gasteiger partial charge < -0.3 is 10.1 Å². The zero-order valence-corrected chi connectivity index (χ0v) is 19.5. The summed E-state index contributed by atoms with van der Waals surface area (Å²) in [5.74, 6) is 0.298. The number of nitrogens with one attached hydrogen (secondary N) is 2. The molecule has 0 unspecified atom stereocenters. The van der Waals surface area contributed by atoms with Crippen molar-refractivity contribution < 1.29 is 13.9 Å². The van der Waals surface area contributed by atoms with E-state index in [2.05, 4.69) is 34.6 Å². The van der Waals surface area contributed by atoms with Gasteiger partial charge in [0.25, 0.3) is 5.91 Å². The van der Waals surface area contributed by atoms with Crippen LogP contribution in [0.4, 0.5) is 10.1 Å². The third-order valence-electron chi connectivity index (χ3n) is 5.23. The second kappa shape index (κ2) is 11.3. The monoisotopic (exact) mass is 451 g/mol. The predicted molar refractivity (Wildman–Crippen MR) is 128 cm³/mol. The van der Waals surface area contributed by atoms with Crippen molar-refractivity contribution >= 4 is 17.6 Å². The van der Waals surface area contributed by atoms with Crippen molar-refractivity contribution in [3.8, 4) is 5.75 Å². The fourth-order valence-electron chi connectivity index (χ4n) is 3.51. The molecule has 174 valence electrons. The molecule has 1 heterocycles. The zero-order valence-electron chi connectivity index (χ0n) is 19.5. The number of halogens is 1. The van der Waals surface area contributed by atoms with E-state index in [1.165, 1.54) is 24.3 Å². The number of aromatic nitrogens is 2. The maximum absolute atomic E-state index is 13.2. The van der Waals surface area contributed by atoms with Crippen molar-refractivity contribution in [1.82, 2.24) is 15.1 Å². The summed E-state index contributed by atoms with van der Waals surface area (Å²) in [5.41, 5.74) is 4.37. The number of hydrogen-bond acceptors (Lipinski definition) is 4. The first-order valence-electron chi connectivity index (χ1n) is 11.0. The molecule has 7 nitrogen and oxygen atoms in total. The van der Waals surface area contributed by atoms with Crippen LogP contribution in [0.3, 0.4) is 0 Å². The van der Waals surface area contributed by atoms with Gasteiger partial charge in [0.15, 0.2) is 0 Å². The minimum atomic E-state index is -0.397. The van der Waals surface area contributed by atoms with Crippen LogP contribution in [0.2, 0.25) is 0 Å². The highest BCUT2D eigenvalue weighted by molar-refractivity contribution is 6.09. The van der Waals surface area contributed by atoms with Crippen LogP contribution in [-0.2, 0) is 13.0 Å². The molecule has 2 N–H and O–H groups in total. The molecule has 0 aliphatic rings. The van der Waals surface area contributed by atoms with Crippen molar-refractivity contribution in [2.45, 2.75) is 40.7 Å². The number of carbonyl (C=O) groups excluding carboxylic acids is 1. The summed E-state index contributed by atoms with van der Waals surface area (Å²) in [6.07, 6.45) is 0.693. The minimum absolute atomic E-state index is 0.312. The van der Waals surface area contributed by atoms with Gasteiger partial charge in [-0.2, -0.15) is 5.10 Å². The van der Waals surface area contributed by atoms with E-state index in [1.54, 1.807) is 0 Å². The zero-order chi connectivity index (χ0) is 23.8. The smallest absolute Gasteiger partial charge is 0.257 e. The Morgan fingerprint density at radius 3 is 2.39 bits per heavy atom. The average molecular weight is 452 g/mol. The van der Waals surface area contributed by atoms with E-state index in [-0.39, 0.29) is 5.91 Å². The molecule has 0 atom stereocenters.